The molecule has 1 atom stereocenters. The van der Waals surface area contributed by atoms with Gasteiger partial charge < -0.3 is 9.84 Å². The minimum absolute atomic E-state index is 0.152. The van der Waals surface area contributed by atoms with E-state index in [0.717, 1.165) is 37.0 Å². The molecule has 1 aromatic rings. The minimum atomic E-state index is -0.705. The average Bonchev–Trinajstić information content (AvgIpc) is 3.14. The standard InChI is InChI=1S/C17H22O3/c18-17(19)11-16(12-8-9-12)13-4-3-7-15(10-13)20-14-5-1-2-6-14/h3-4,7,10,12,14,16H,1-2,5-6,8-9,11H2,(H,18,19). The quantitative estimate of drug-likeness (QED) is 0.853. The van der Waals surface area contributed by atoms with E-state index in [4.69, 9.17) is 9.84 Å². The van der Waals surface area contributed by atoms with Gasteiger partial charge in [0.2, 0.25) is 0 Å². The van der Waals surface area contributed by atoms with Gasteiger partial charge in [-0.2, -0.15) is 0 Å². The molecule has 2 aliphatic rings. The molecule has 1 N–H and O–H groups in total. The Morgan fingerprint density at radius 3 is 2.65 bits per heavy atom. The summed E-state index contributed by atoms with van der Waals surface area (Å²) in [6, 6.07) is 8.10. The zero-order chi connectivity index (χ0) is 13.9. The van der Waals surface area contributed by atoms with Crippen LogP contribution in [0.15, 0.2) is 24.3 Å². The van der Waals surface area contributed by atoms with E-state index >= 15 is 0 Å². The van der Waals surface area contributed by atoms with Gasteiger partial charge in [0.25, 0.3) is 0 Å². The number of rotatable bonds is 6. The molecular weight excluding hydrogens is 252 g/mol. The van der Waals surface area contributed by atoms with E-state index in [1.165, 1.54) is 12.8 Å². The Labute approximate surface area is 120 Å². The van der Waals surface area contributed by atoms with E-state index in [2.05, 4.69) is 6.07 Å². The van der Waals surface area contributed by atoms with Gasteiger partial charge in [-0.25, -0.2) is 0 Å². The topological polar surface area (TPSA) is 46.5 Å². The van der Waals surface area contributed by atoms with Gasteiger partial charge in [-0.1, -0.05) is 12.1 Å². The highest BCUT2D eigenvalue weighted by Gasteiger charge is 2.33. The average molecular weight is 274 g/mol. The van der Waals surface area contributed by atoms with Crippen LogP contribution < -0.4 is 4.74 Å². The summed E-state index contributed by atoms with van der Waals surface area (Å²) >= 11 is 0. The molecule has 3 heteroatoms. The Morgan fingerprint density at radius 1 is 1.25 bits per heavy atom. The molecule has 2 saturated carbocycles. The van der Waals surface area contributed by atoms with Crippen LogP contribution in [0.25, 0.3) is 0 Å². The van der Waals surface area contributed by atoms with Crippen LogP contribution in [0, 0.1) is 5.92 Å². The summed E-state index contributed by atoms with van der Waals surface area (Å²) < 4.78 is 6.02. The fraction of sp³-hybridized carbons (Fsp3) is 0.588. The molecule has 0 bridgehead atoms. The van der Waals surface area contributed by atoms with Gasteiger partial charge in [0.1, 0.15) is 5.75 Å². The van der Waals surface area contributed by atoms with Crippen molar-refractivity contribution in [3.05, 3.63) is 29.8 Å². The number of aliphatic carboxylic acids is 1. The second-order valence-corrected chi connectivity index (χ2v) is 6.14. The molecule has 2 fully saturated rings. The maximum atomic E-state index is 11.0. The molecule has 0 radical (unpaired) electrons. The third-order valence-electron chi connectivity index (χ3n) is 4.48. The molecule has 1 unspecified atom stereocenters. The van der Waals surface area contributed by atoms with Crippen LogP contribution in [0.4, 0.5) is 0 Å². The van der Waals surface area contributed by atoms with E-state index in [9.17, 15) is 4.79 Å². The first-order valence-electron chi connectivity index (χ1n) is 7.71. The number of carboxylic acids is 1. The number of hydrogen-bond donors (Lipinski definition) is 1. The van der Waals surface area contributed by atoms with Gasteiger partial charge in [0, 0.05) is 0 Å². The summed E-state index contributed by atoms with van der Waals surface area (Å²) in [5, 5.41) is 9.09. The van der Waals surface area contributed by atoms with E-state index in [0.29, 0.717) is 12.0 Å². The molecule has 0 aromatic heterocycles. The number of hydrogen-bond acceptors (Lipinski definition) is 2. The highest BCUT2D eigenvalue weighted by molar-refractivity contribution is 5.68. The number of ether oxygens (including phenoxy) is 1. The Kier molecular flexibility index (Phi) is 3.95. The summed E-state index contributed by atoms with van der Waals surface area (Å²) in [5.41, 5.74) is 1.13. The van der Waals surface area contributed by atoms with Crippen molar-refractivity contribution in [2.24, 2.45) is 5.92 Å². The molecule has 3 nitrogen and oxygen atoms in total. The third-order valence-corrected chi connectivity index (χ3v) is 4.48. The lowest BCUT2D eigenvalue weighted by atomic mass is 9.91. The van der Waals surface area contributed by atoms with Gasteiger partial charge in [0.15, 0.2) is 0 Å². The van der Waals surface area contributed by atoms with Crippen LogP contribution in [0.5, 0.6) is 5.75 Å². The van der Waals surface area contributed by atoms with Crippen molar-refractivity contribution in [1.29, 1.82) is 0 Å². The van der Waals surface area contributed by atoms with E-state index in [1.54, 1.807) is 0 Å². The molecule has 0 spiro atoms. The van der Waals surface area contributed by atoms with Gasteiger partial charge in [-0.15, -0.1) is 0 Å². The van der Waals surface area contributed by atoms with Crippen LogP contribution in [0.3, 0.4) is 0 Å². The Morgan fingerprint density at radius 2 is 2.00 bits per heavy atom. The lowest BCUT2D eigenvalue weighted by Gasteiger charge is -2.18. The predicted octanol–water partition coefficient (Wildman–Crippen LogP) is 3.98. The van der Waals surface area contributed by atoms with Gasteiger partial charge >= 0.3 is 5.97 Å². The summed E-state index contributed by atoms with van der Waals surface area (Å²) in [6.07, 6.45) is 7.71. The second-order valence-electron chi connectivity index (χ2n) is 6.14. The molecule has 2 aliphatic carbocycles. The van der Waals surface area contributed by atoms with Crippen molar-refractivity contribution in [1.82, 2.24) is 0 Å². The SMILES string of the molecule is O=C(O)CC(c1cccc(OC2CCCC2)c1)C1CC1. The van der Waals surface area contributed by atoms with Crippen molar-refractivity contribution >= 4 is 5.97 Å². The van der Waals surface area contributed by atoms with Crippen LogP contribution >= 0.6 is 0 Å². The Balaban J connectivity index is 1.72. The summed E-state index contributed by atoms with van der Waals surface area (Å²) in [5.74, 6) is 0.905. The van der Waals surface area contributed by atoms with Crippen LogP contribution in [-0.2, 0) is 4.79 Å². The highest BCUT2D eigenvalue weighted by Crippen LogP contribution is 2.45. The summed E-state index contributed by atoms with van der Waals surface area (Å²) in [4.78, 5) is 11.0. The molecule has 3 rings (SSSR count). The maximum absolute atomic E-state index is 11.0. The van der Waals surface area contributed by atoms with Crippen LogP contribution in [0.1, 0.15) is 56.4 Å². The van der Waals surface area contributed by atoms with Crippen molar-refractivity contribution in [3.63, 3.8) is 0 Å². The Hall–Kier alpha value is -1.51. The van der Waals surface area contributed by atoms with Crippen molar-refractivity contribution in [2.75, 3.05) is 0 Å². The molecule has 0 saturated heterocycles. The largest absolute Gasteiger partial charge is 0.490 e. The van der Waals surface area contributed by atoms with Gasteiger partial charge in [-0.3, -0.25) is 4.79 Å². The second kappa shape index (κ2) is 5.86. The predicted molar refractivity (Wildman–Crippen MR) is 77.0 cm³/mol. The number of carboxylic acid groups (broad SMARTS) is 1. The maximum Gasteiger partial charge on any atom is 0.303 e. The van der Waals surface area contributed by atoms with Crippen molar-refractivity contribution < 1.29 is 14.6 Å². The summed E-state index contributed by atoms with van der Waals surface area (Å²) in [7, 11) is 0. The van der Waals surface area contributed by atoms with Crippen molar-refractivity contribution in [3.8, 4) is 5.75 Å². The first kappa shape index (κ1) is 13.5. The first-order valence-corrected chi connectivity index (χ1v) is 7.71. The monoisotopic (exact) mass is 274 g/mol. The normalized spacial score (nSPS) is 20.8. The molecule has 0 heterocycles. The molecule has 108 valence electrons. The van der Waals surface area contributed by atoms with Crippen LogP contribution in [0.2, 0.25) is 0 Å². The lowest BCUT2D eigenvalue weighted by molar-refractivity contribution is -0.137. The smallest absolute Gasteiger partial charge is 0.303 e. The lowest BCUT2D eigenvalue weighted by Crippen LogP contribution is -2.12. The minimum Gasteiger partial charge on any atom is -0.490 e. The van der Waals surface area contributed by atoms with E-state index < -0.39 is 5.97 Å². The van der Waals surface area contributed by atoms with Gasteiger partial charge in [0.05, 0.1) is 12.5 Å². The summed E-state index contributed by atoms with van der Waals surface area (Å²) in [6.45, 7) is 0. The molecule has 0 aliphatic heterocycles. The zero-order valence-electron chi connectivity index (χ0n) is 11.8. The zero-order valence-corrected chi connectivity index (χ0v) is 11.8. The fourth-order valence-electron chi connectivity index (χ4n) is 3.26. The van der Waals surface area contributed by atoms with Gasteiger partial charge in [-0.05, 0) is 68.1 Å². The van der Waals surface area contributed by atoms with Crippen molar-refractivity contribution in [2.45, 2.75) is 57.0 Å². The first-order chi connectivity index (χ1) is 9.72. The molecule has 1 aromatic carbocycles. The molecule has 20 heavy (non-hydrogen) atoms. The molecular formula is C17H22O3. The molecule has 0 amide bonds. The highest BCUT2D eigenvalue weighted by atomic mass is 16.5. The number of carbonyl (C=O) groups is 1. The van der Waals surface area contributed by atoms with Crippen LogP contribution in [-0.4, -0.2) is 17.2 Å². The van der Waals surface area contributed by atoms with E-state index in [-0.39, 0.29) is 12.3 Å². The third kappa shape index (κ3) is 3.33. The fourth-order valence-corrected chi connectivity index (χ4v) is 3.26. The number of benzene rings is 1. The Bertz CT molecular complexity index is 473. The van der Waals surface area contributed by atoms with E-state index in [1.807, 2.05) is 18.2 Å².